The average molecular weight is 333 g/mol. The van der Waals surface area contributed by atoms with Gasteiger partial charge in [0.25, 0.3) is 0 Å². The Balaban J connectivity index is 1.65. The highest BCUT2D eigenvalue weighted by molar-refractivity contribution is 5.85. The number of nitrogens with two attached hydrogens (primary N) is 1. The number of nitrogen functional groups attached to an aromatic ring is 1. The zero-order valence-electron chi connectivity index (χ0n) is 13.1. The highest BCUT2D eigenvalue weighted by Crippen LogP contribution is 2.25. The second kappa shape index (κ2) is 6.31. The van der Waals surface area contributed by atoms with Gasteiger partial charge in [-0.3, -0.25) is 9.48 Å². The maximum atomic E-state index is 13.8. The second-order valence-electron chi connectivity index (χ2n) is 5.61. The first-order chi connectivity index (χ1) is 11.4. The summed E-state index contributed by atoms with van der Waals surface area (Å²) in [4.78, 5) is 14.8. The van der Waals surface area contributed by atoms with Crippen LogP contribution in [0.3, 0.4) is 0 Å². The van der Waals surface area contributed by atoms with E-state index in [-0.39, 0.29) is 18.0 Å². The number of hydrogen-bond acceptors (Lipinski definition) is 3. The lowest BCUT2D eigenvalue weighted by atomic mass is 10.1. The van der Waals surface area contributed by atoms with E-state index in [4.69, 9.17) is 5.73 Å². The van der Waals surface area contributed by atoms with Crippen LogP contribution in [0.5, 0.6) is 0 Å². The van der Waals surface area contributed by atoms with E-state index in [0.29, 0.717) is 24.0 Å². The van der Waals surface area contributed by atoms with Crippen LogP contribution in [0.25, 0.3) is 10.9 Å². The minimum atomic E-state index is -0.625. The third-order valence-electron chi connectivity index (χ3n) is 3.80. The molecule has 1 aromatic carbocycles. The smallest absolute Gasteiger partial charge is 0.241 e. The molecule has 8 heteroatoms. The van der Waals surface area contributed by atoms with E-state index in [1.54, 1.807) is 13.1 Å². The van der Waals surface area contributed by atoms with Crippen molar-refractivity contribution in [3.63, 3.8) is 0 Å². The van der Waals surface area contributed by atoms with Crippen LogP contribution < -0.4 is 11.1 Å². The number of carbonyl (C=O) groups excluding carboxylic acids is 1. The van der Waals surface area contributed by atoms with Crippen LogP contribution >= 0.6 is 0 Å². The predicted molar refractivity (Wildman–Crippen MR) is 86.3 cm³/mol. The van der Waals surface area contributed by atoms with Gasteiger partial charge in [-0.15, -0.1) is 0 Å². The molecule has 126 valence electrons. The van der Waals surface area contributed by atoms with Crippen molar-refractivity contribution in [2.75, 3.05) is 12.3 Å². The number of hydrogen-bond donors (Lipinski definition) is 3. The van der Waals surface area contributed by atoms with Gasteiger partial charge in [0.15, 0.2) is 0 Å². The number of fused-ring (bicyclic) bond motifs is 1. The summed E-state index contributed by atoms with van der Waals surface area (Å²) in [5, 5.41) is 7.19. The summed E-state index contributed by atoms with van der Waals surface area (Å²) in [7, 11) is 0. The number of carbonyl (C=O) groups is 1. The van der Waals surface area contributed by atoms with E-state index >= 15 is 0 Å². The zero-order valence-corrected chi connectivity index (χ0v) is 13.1. The fourth-order valence-corrected chi connectivity index (χ4v) is 2.72. The van der Waals surface area contributed by atoms with Gasteiger partial charge in [-0.1, -0.05) is 0 Å². The number of aromatic nitrogens is 3. The zero-order chi connectivity index (χ0) is 17.3. The van der Waals surface area contributed by atoms with Gasteiger partial charge in [0.1, 0.15) is 18.2 Å². The van der Waals surface area contributed by atoms with E-state index in [0.717, 1.165) is 17.3 Å². The van der Waals surface area contributed by atoms with Crippen LogP contribution in [-0.4, -0.2) is 27.2 Å². The minimum absolute atomic E-state index is 0.0628. The molecule has 0 spiro atoms. The number of halogens is 2. The number of aryl methyl sites for hydroxylation is 1. The van der Waals surface area contributed by atoms with E-state index in [1.165, 1.54) is 16.9 Å². The molecule has 0 aliphatic rings. The summed E-state index contributed by atoms with van der Waals surface area (Å²) >= 11 is 0. The van der Waals surface area contributed by atoms with Gasteiger partial charge in [-0.25, -0.2) is 8.78 Å². The van der Waals surface area contributed by atoms with Crippen LogP contribution in [0.4, 0.5) is 14.5 Å². The molecule has 3 rings (SSSR count). The van der Waals surface area contributed by atoms with Gasteiger partial charge in [0.2, 0.25) is 5.91 Å². The predicted octanol–water partition coefficient (Wildman–Crippen LogP) is 1.89. The van der Waals surface area contributed by atoms with E-state index < -0.39 is 11.6 Å². The number of nitrogens with one attached hydrogen (secondary N) is 2. The van der Waals surface area contributed by atoms with E-state index in [9.17, 15) is 13.6 Å². The number of benzene rings is 1. The first-order valence-electron chi connectivity index (χ1n) is 7.45. The summed E-state index contributed by atoms with van der Waals surface area (Å²) in [5.74, 6) is -1.46. The quantitative estimate of drug-likeness (QED) is 0.666. The number of nitrogens with zero attached hydrogens (tertiary/aromatic N) is 2. The van der Waals surface area contributed by atoms with Gasteiger partial charge in [-0.05, 0) is 25.0 Å². The normalized spacial score (nSPS) is 11.1. The Morgan fingerprint density at radius 1 is 1.42 bits per heavy atom. The van der Waals surface area contributed by atoms with Gasteiger partial charge < -0.3 is 16.0 Å². The Morgan fingerprint density at radius 3 is 2.92 bits per heavy atom. The van der Waals surface area contributed by atoms with Crippen molar-refractivity contribution < 1.29 is 13.6 Å². The molecule has 24 heavy (non-hydrogen) atoms. The lowest BCUT2D eigenvalue weighted by molar-refractivity contribution is -0.121. The van der Waals surface area contributed by atoms with Crippen molar-refractivity contribution >= 4 is 22.5 Å². The molecule has 0 aliphatic heterocycles. The molecule has 0 bridgehead atoms. The Labute approximate surface area is 136 Å². The standard InChI is InChI=1S/C16H17F2N5O/c1-9-12(13-4-10(17)5-14(18)16(13)22-9)2-3-20-15(24)8-23-7-11(19)6-21-23/h4-7,22H,2-3,8,19H2,1H3,(H,20,24). The molecule has 0 radical (unpaired) electrons. The van der Waals surface area contributed by atoms with Crippen LogP contribution in [-0.2, 0) is 17.8 Å². The highest BCUT2D eigenvalue weighted by Gasteiger charge is 2.13. The molecule has 0 aliphatic carbocycles. The molecule has 0 saturated carbocycles. The minimum Gasteiger partial charge on any atom is -0.396 e. The fourth-order valence-electron chi connectivity index (χ4n) is 2.72. The molecule has 0 fully saturated rings. The largest absolute Gasteiger partial charge is 0.396 e. The Hall–Kier alpha value is -2.90. The third-order valence-corrected chi connectivity index (χ3v) is 3.80. The van der Waals surface area contributed by atoms with Gasteiger partial charge in [0.05, 0.1) is 17.4 Å². The first kappa shape index (κ1) is 16.0. The summed E-state index contributed by atoms with van der Waals surface area (Å²) in [6, 6.07) is 2.14. The molecule has 2 heterocycles. The van der Waals surface area contributed by atoms with Crippen LogP contribution in [0.15, 0.2) is 24.5 Å². The fraction of sp³-hybridized carbons (Fsp3) is 0.250. The molecule has 0 saturated heterocycles. The van der Waals surface area contributed by atoms with E-state index in [1.807, 2.05) is 0 Å². The summed E-state index contributed by atoms with van der Waals surface area (Å²) in [5.41, 5.74) is 7.84. The highest BCUT2D eigenvalue weighted by atomic mass is 19.1. The number of rotatable bonds is 5. The van der Waals surface area contributed by atoms with Crippen LogP contribution in [0.2, 0.25) is 0 Å². The summed E-state index contributed by atoms with van der Waals surface area (Å²) < 4.78 is 28.6. The topological polar surface area (TPSA) is 88.7 Å². The van der Waals surface area contributed by atoms with Crippen molar-refractivity contribution in [2.45, 2.75) is 19.9 Å². The molecule has 1 amide bonds. The third kappa shape index (κ3) is 3.22. The van der Waals surface area contributed by atoms with Gasteiger partial charge in [-0.2, -0.15) is 5.10 Å². The summed E-state index contributed by atoms with van der Waals surface area (Å²) in [6.07, 6.45) is 3.49. The molecule has 0 unspecified atom stereocenters. The van der Waals surface area contributed by atoms with Crippen molar-refractivity contribution in [3.8, 4) is 0 Å². The number of amides is 1. The van der Waals surface area contributed by atoms with E-state index in [2.05, 4.69) is 15.4 Å². The van der Waals surface area contributed by atoms with Gasteiger partial charge >= 0.3 is 0 Å². The maximum absolute atomic E-state index is 13.8. The Kier molecular flexibility index (Phi) is 4.20. The molecule has 0 atom stereocenters. The van der Waals surface area contributed by atoms with Crippen molar-refractivity contribution in [2.24, 2.45) is 0 Å². The molecule has 2 aromatic heterocycles. The maximum Gasteiger partial charge on any atom is 0.241 e. The monoisotopic (exact) mass is 333 g/mol. The van der Waals surface area contributed by atoms with Crippen molar-refractivity contribution in [1.82, 2.24) is 20.1 Å². The lowest BCUT2D eigenvalue weighted by Crippen LogP contribution is -2.29. The van der Waals surface area contributed by atoms with Crippen molar-refractivity contribution in [1.29, 1.82) is 0 Å². The molecule has 3 aromatic rings. The summed E-state index contributed by atoms with van der Waals surface area (Å²) in [6.45, 7) is 2.20. The molecular weight excluding hydrogens is 316 g/mol. The molecular formula is C16H17F2N5O. The Bertz CT molecular complexity index is 899. The number of anilines is 1. The average Bonchev–Trinajstić information content (AvgIpc) is 3.04. The number of aromatic amines is 1. The first-order valence-corrected chi connectivity index (χ1v) is 7.45. The SMILES string of the molecule is Cc1[nH]c2c(F)cc(F)cc2c1CCNC(=O)Cn1cc(N)cn1. The van der Waals surface area contributed by atoms with Crippen LogP contribution in [0, 0.1) is 18.6 Å². The lowest BCUT2D eigenvalue weighted by Gasteiger charge is -2.06. The Morgan fingerprint density at radius 2 is 2.21 bits per heavy atom. The number of H-pyrrole nitrogens is 1. The van der Waals surface area contributed by atoms with Crippen molar-refractivity contribution in [3.05, 3.63) is 47.4 Å². The van der Waals surface area contributed by atoms with Crippen LogP contribution in [0.1, 0.15) is 11.3 Å². The molecule has 4 N–H and O–H groups in total. The second-order valence-corrected chi connectivity index (χ2v) is 5.61. The van der Waals surface area contributed by atoms with Gasteiger partial charge in [0, 0.05) is 29.9 Å². The molecule has 6 nitrogen and oxygen atoms in total.